The number of benzene rings is 2. The van der Waals surface area contributed by atoms with Crippen LogP contribution in [0.3, 0.4) is 0 Å². The smallest absolute Gasteiger partial charge is 0.121 e. The Morgan fingerprint density at radius 2 is 1.81 bits per heavy atom. The van der Waals surface area contributed by atoms with E-state index in [1.54, 1.807) is 18.2 Å². The zero-order chi connectivity index (χ0) is 15.2. The molecule has 0 spiro atoms. The number of hydrogen-bond acceptors (Lipinski definition) is 3. The summed E-state index contributed by atoms with van der Waals surface area (Å²) in [6.45, 7) is 0.560. The molecule has 0 heterocycles. The summed E-state index contributed by atoms with van der Waals surface area (Å²) in [6, 6.07) is 12.7. The van der Waals surface area contributed by atoms with E-state index in [1.807, 2.05) is 24.3 Å². The lowest BCUT2D eigenvalue weighted by molar-refractivity contribution is 0.117. The Hall–Kier alpha value is -0.940. The number of nitrogens with one attached hydrogen (secondary N) is 1. The van der Waals surface area contributed by atoms with Crippen molar-refractivity contribution in [2.75, 3.05) is 18.5 Å². The second-order valence-electron chi connectivity index (χ2n) is 4.43. The Kier molecular flexibility index (Phi) is 6.18. The van der Waals surface area contributed by atoms with E-state index in [0.717, 1.165) is 10.2 Å². The first-order valence-electron chi connectivity index (χ1n) is 6.30. The van der Waals surface area contributed by atoms with Gasteiger partial charge in [-0.25, -0.2) is 0 Å². The van der Waals surface area contributed by atoms with Crippen molar-refractivity contribution in [1.82, 2.24) is 0 Å². The van der Waals surface area contributed by atoms with E-state index < -0.39 is 6.10 Å². The number of rotatable bonds is 6. The first-order chi connectivity index (χ1) is 10.0. The van der Waals surface area contributed by atoms with Gasteiger partial charge < -0.3 is 15.2 Å². The lowest BCUT2D eigenvalue weighted by atomic mass is 10.3. The predicted octanol–water partition coefficient (Wildman–Crippen LogP) is 4.61. The second-order valence-corrected chi connectivity index (χ2v) is 6.16. The molecule has 1 unspecified atom stereocenters. The minimum absolute atomic E-state index is 0.168. The lowest BCUT2D eigenvalue weighted by Crippen LogP contribution is -2.26. The highest BCUT2D eigenvalue weighted by Gasteiger charge is 2.06. The van der Waals surface area contributed by atoms with Gasteiger partial charge in [0.25, 0.3) is 0 Å². The first kappa shape index (κ1) is 16.4. The van der Waals surface area contributed by atoms with Crippen LogP contribution in [-0.4, -0.2) is 24.4 Å². The van der Waals surface area contributed by atoms with E-state index in [9.17, 15) is 5.11 Å². The number of aliphatic hydroxyl groups excluding tert-OH is 1. The number of ether oxygens (including phenoxy) is 1. The van der Waals surface area contributed by atoms with Crippen molar-refractivity contribution in [2.45, 2.75) is 6.10 Å². The maximum absolute atomic E-state index is 9.89. The fourth-order valence-electron chi connectivity index (χ4n) is 1.62. The third-order valence-electron chi connectivity index (χ3n) is 2.72. The number of aliphatic hydroxyl groups is 1. The van der Waals surface area contributed by atoms with E-state index in [-0.39, 0.29) is 6.61 Å². The van der Waals surface area contributed by atoms with Crippen LogP contribution in [0.25, 0.3) is 0 Å². The topological polar surface area (TPSA) is 41.5 Å². The van der Waals surface area contributed by atoms with Crippen molar-refractivity contribution in [1.29, 1.82) is 0 Å². The summed E-state index contributed by atoms with van der Waals surface area (Å²) >= 11 is 15.1. The SMILES string of the molecule is OC(CNc1ccc(Br)cc1)COc1ccc(Cl)c(Cl)c1. The van der Waals surface area contributed by atoms with Gasteiger partial charge in [0.05, 0.1) is 10.0 Å². The molecule has 2 rings (SSSR count). The summed E-state index contributed by atoms with van der Waals surface area (Å²) in [5.74, 6) is 0.576. The van der Waals surface area contributed by atoms with Gasteiger partial charge in [0.15, 0.2) is 0 Å². The largest absolute Gasteiger partial charge is 0.491 e. The Bertz CT molecular complexity index is 593. The quantitative estimate of drug-likeness (QED) is 0.756. The Labute approximate surface area is 142 Å². The molecule has 2 aromatic carbocycles. The molecule has 0 aromatic heterocycles. The fourth-order valence-corrected chi connectivity index (χ4v) is 2.17. The minimum Gasteiger partial charge on any atom is -0.491 e. The van der Waals surface area contributed by atoms with Gasteiger partial charge in [0.2, 0.25) is 0 Å². The summed E-state index contributed by atoms with van der Waals surface area (Å²) in [7, 11) is 0. The van der Waals surface area contributed by atoms with E-state index in [2.05, 4.69) is 21.2 Å². The highest BCUT2D eigenvalue weighted by atomic mass is 79.9. The molecule has 0 aliphatic rings. The molecule has 0 saturated heterocycles. The number of halogens is 3. The molecule has 0 radical (unpaired) electrons. The molecule has 0 fully saturated rings. The molecule has 0 amide bonds. The summed E-state index contributed by atoms with van der Waals surface area (Å²) in [4.78, 5) is 0. The molecule has 2 N–H and O–H groups in total. The normalized spacial score (nSPS) is 12.0. The monoisotopic (exact) mass is 389 g/mol. The van der Waals surface area contributed by atoms with E-state index in [4.69, 9.17) is 27.9 Å². The standard InChI is InChI=1S/C15H14BrCl2NO2/c16-10-1-3-11(4-2-10)19-8-12(20)9-21-13-5-6-14(17)15(18)7-13/h1-7,12,19-20H,8-9H2. The van der Waals surface area contributed by atoms with Crippen LogP contribution in [0.15, 0.2) is 46.9 Å². The van der Waals surface area contributed by atoms with Gasteiger partial charge in [-0.05, 0) is 36.4 Å². The van der Waals surface area contributed by atoms with Crippen LogP contribution in [-0.2, 0) is 0 Å². The minimum atomic E-state index is -0.636. The third kappa shape index (κ3) is 5.40. The van der Waals surface area contributed by atoms with Crippen LogP contribution in [0, 0.1) is 0 Å². The molecular weight excluding hydrogens is 377 g/mol. The van der Waals surface area contributed by atoms with Crippen LogP contribution in [0.2, 0.25) is 10.0 Å². The van der Waals surface area contributed by atoms with Gasteiger partial charge in [-0.15, -0.1) is 0 Å². The molecule has 0 aliphatic carbocycles. The van der Waals surface area contributed by atoms with Crippen molar-refractivity contribution in [2.24, 2.45) is 0 Å². The van der Waals surface area contributed by atoms with Gasteiger partial charge >= 0.3 is 0 Å². The molecule has 0 bridgehead atoms. The lowest BCUT2D eigenvalue weighted by Gasteiger charge is -2.14. The Morgan fingerprint density at radius 1 is 1.10 bits per heavy atom. The van der Waals surface area contributed by atoms with Crippen LogP contribution >= 0.6 is 39.1 Å². The zero-order valence-electron chi connectivity index (χ0n) is 11.0. The summed E-state index contributed by atoms with van der Waals surface area (Å²) < 4.78 is 6.48. The predicted molar refractivity (Wildman–Crippen MR) is 90.6 cm³/mol. The summed E-state index contributed by atoms with van der Waals surface area (Å²) in [6.07, 6.45) is -0.636. The van der Waals surface area contributed by atoms with Crippen molar-refractivity contribution in [3.63, 3.8) is 0 Å². The molecule has 6 heteroatoms. The van der Waals surface area contributed by atoms with Gasteiger partial charge in [-0.2, -0.15) is 0 Å². The van der Waals surface area contributed by atoms with Crippen LogP contribution in [0.1, 0.15) is 0 Å². The van der Waals surface area contributed by atoms with Crippen molar-refractivity contribution in [3.05, 3.63) is 57.0 Å². The van der Waals surface area contributed by atoms with Gasteiger partial charge in [-0.3, -0.25) is 0 Å². The average Bonchev–Trinajstić information content (AvgIpc) is 2.48. The molecule has 0 saturated carbocycles. The van der Waals surface area contributed by atoms with E-state index >= 15 is 0 Å². The summed E-state index contributed by atoms with van der Waals surface area (Å²) in [5, 5.41) is 13.9. The van der Waals surface area contributed by atoms with Gasteiger partial charge in [0, 0.05) is 22.8 Å². The zero-order valence-corrected chi connectivity index (χ0v) is 14.1. The van der Waals surface area contributed by atoms with Gasteiger partial charge in [-0.1, -0.05) is 39.1 Å². The molecule has 3 nitrogen and oxygen atoms in total. The highest BCUT2D eigenvalue weighted by Crippen LogP contribution is 2.26. The van der Waals surface area contributed by atoms with Gasteiger partial charge in [0.1, 0.15) is 18.5 Å². The molecular formula is C15H14BrCl2NO2. The van der Waals surface area contributed by atoms with E-state index in [0.29, 0.717) is 22.3 Å². The molecule has 0 aliphatic heterocycles. The van der Waals surface area contributed by atoms with Crippen LogP contribution in [0.4, 0.5) is 5.69 Å². The summed E-state index contributed by atoms with van der Waals surface area (Å²) in [5.41, 5.74) is 0.937. The molecule has 2 aromatic rings. The Balaban J connectivity index is 1.77. The molecule has 21 heavy (non-hydrogen) atoms. The third-order valence-corrected chi connectivity index (χ3v) is 3.99. The maximum Gasteiger partial charge on any atom is 0.121 e. The average molecular weight is 391 g/mol. The van der Waals surface area contributed by atoms with Crippen LogP contribution < -0.4 is 10.1 Å². The maximum atomic E-state index is 9.89. The Morgan fingerprint density at radius 3 is 2.48 bits per heavy atom. The van der Waals surface area contributed by atoms with Crippen molar-refractivity contribution in [3.8, 4) is 5.75 Å². The second kappa shape index (κ2) is 7.90. The van der Waals surface area contributed by atoms with E-state index in [1.165, 1.54) is 0 Å². The number of hydrogen-bond donors (Lipinski definition) is 2. The van der Waals surface area contributed by atoms with Crippen molar-refractivity contribution >= 4 is 44.8 Å². The molecule has 112 valence electrons. The number of anilines is 1. The highest BCUT2D eigenvalue weighted by molar-refractivity contribution is 9.10. The first-order valence-corrected chi connectivity index (χ1v) is 7.85. The van der Waals surface area contributed by atoms with Crippen LogP contribution in [0.5, 0.6) is 5.75 Å². The fraction of sp³-hybridized carbons (Fsp3) is 0.200. The van der Waals surface area contributed by atoms with Crippen molar-refractivity contribution < 1.29 is 9.84 Å². The molecule has 1 atom stereocenters.